The molecule has 1 saturated carbocycles. The van der Waals surface area contributed by atoms with Crippen LogP contribution in [-0.2, 0) is 0 Å². The van der Waals surface area contributed by atoms with E-state index >= 15 is 0 Å². The van der Waals surface area contributed by atoms with Crippen LogP contribution in [0, 0.1) is 11.2 Å². The molecule has 1 aliphatic carbocycles. The molecule has 2 heterocycles. The van der Waals surface area contributed by atoms with Gasteiger partial charge in [0.05, 0.1) is 23.0 Å². The third kappa shape index (κ3) is 1.89. The van der Waals surface area contributed by atoms with Gasteiger partial charge in [-0.1, -0.05) is 0 Å². The number of aromatic amines is 1. The number of H-pyrrole nitrogens is 1. The molecular weight excluding hydrogens is 287 g/mol. The fourth-order valence-electron chi connectivity index (χ4n) is 2.78. The van der Waals surface area contributed by atoms with Crippen molar-refractivity contribution in [3.8, 4) is 0 Å². The van der Waals surface area contributed by atoms with Gasteiger partial charge in [0, 0.05) is 12.1 Å². The minimum atomic E-state index is -0.490. The molecular formula is C15H13FN4O2. The topological polar surface area (TPSA) is 93.1 Å². The number of aliphatic hydroxyl groups is 1. The predicted octanol–water partition coefficient (Wildman–Crippen LogP) is 1.79. The molecule has 0 bridgehead atoms. The quantitative estimate of drug-likeness (QED) is 0.788. The largest absolute Gasteiger partial charge is 0.510 e. The first kappa shape index (κ1) is 13.0. The number of hydrogen-bond donors (Lipinski definition) is 3. The summed E-state index contributed by atoms with van der Waals surface area (Å²) in [5.41, 5.74) is 0.00450. The summed E-state index contributed by atoms with van der Waals surface area (Å²) in [5, 5.41) is 18.6. The summed E-state index contributed by atoms with van der Waals surface area (Å²) in [6.45, 7) is 0.254. The van der Waals surface area contributed by atoms with Gasteiger partial charge in [0.2, 0.25) is 0 Å². The van der Waals surface area contributed by atoms with Gasteiger partial charge in [0.25, 0.3) is 5.56 Å². The molecule has 6 nitrogen and oxygen atoms in total. The molecule has 0 atom stereocenters. The monoisotopic (exact) mass is 300 g/mol. The average molecular weight is 300 g/mol. The van der Waals surface area contributed by atoms with Gasteiger partial charge >= 0.3 is 0 Å². The molecule has 22 heavy (non-hydrogen) atoms. The zero-order valence-corrected chi connectivity index (χ0v) is 11.6. The van der Waals surface area contributed by atoms with Crippen LogP contribution in [0.3, 0.4) is 0 Å². The lowest BCUT2D eigenvalue weighted by atomic mass is 10.2. The minimum Gasteiger partial charge on any atom is -0.510 e. The second kappa shape index (κ2) is 4.40. The van der Waals surface area contributed by atoms with E-state index in [0.29, 0.717) is 0 Å². The van der Waals surface area contributed by atoms with E-state index in [4.69, 9.17) is 5.41 Å². The Kier molecular flexibility index (Phi) is 2.60. The van der Waals surface area contributed by atoms with Crippen molar-refractivity contribution in [2.24, 2.45) is 0 Å². The molecule has 112 valence electrons. The molecule has 0 saturated heterocycles. The molecule has 2 aliphatic rings. The normalized spacial score (nSPS) is 18.6. The van der Waals surface area contributed by atoms with Crippen molar-refractivity contribution in [3.63, 3.8) is 0 Å². The van der Waals surface area contributed by atoms with Crippen LogP contribution in [0.25, 0.3) is 16.5 Å². The maximum absolute atomic E-state index is 13.3. The Morgan fingerprint density at radius 1 is 1.41 bits per heavy atom. The maximum atomic E-state index is 13.3. The molecule has 2 aromatic rings. The summed E-state index contributed by atoms with van der Waals surface area (Å²) >= 11 is 0. The number of aliphatic hydroxyl groups excluding tert-OH is 1. The molecule has 1 fully saturated rings. The molecule has 3 N–H and O–H groups in total. The van der Waals surface area contributed by atoms with E-state index in [1.807, 2.05) is 0 Å². The van der Waals surface area contributed by atoms with Crippen LogP contribution in [0.1, 0.15) is 18.7 Å². The van der Waals surface area contributed by atoms with Gasteiger partial charge in [0.1, 0.15) is 23.2 Å². The smallest absolute Gasteiger partial charge is 0.259 e. The number of fused-ring (bicyclic) bond motifs is 1. The van der Waals surface area contributed by atoms with Gasteiger partial charge in [-0.2, -0.15) is 0 Å². The summed E-state index contributed by atoms with van der Waals surface area (Å²) in [6, 6.07) is 4.01. The zero-order valence-electron chi connectivity index (χ0n) is 11.6. The van der Waals surface area contributed by atoms with E-state index in [1.54, 1.807) is 4.90 Å². The average Bonchev–Trinajstić information content (AvgIpc) is 3.24. The fraction of sp³-hybridized carbons (Fsp3) is 0.267. The molecule has 1 aromatic heterocycles. The van der Waals surface area contributed by atoms with Crippen molar-refractivity contribution < 1.29 is 9.50 Å². The Bertz CT molecular complexity index is 898. The summed E-state index contributed by atoms with van der Waals surface area (Å²) in [6.07, 6.45) is 1.99. The molecule has 7 heteroatoms. The third-order valence-corrected chi connectivity index (χ3v) is 4.03. The summed E-state index contributed by atoms with van der Waals surface area (Å²) in [5.74, 6) is -0.223. The van der Waals surface area contributed by atoms with Gasteiger partial charge in [-0.05, 0) is 25.0 Å². The molecule has 0 spiro atoms. The second-order valence-corrected chi connectivity index (χ2v) is 5.61. The Labute approximate surface area is 124 Å². The summed E-state index contributed by atoms with van der Waals surface area (Å²) < 4.78 is 13.3. The van der Waals surface area contributed by atoms with Crippen molar-refractivity contribution in [3.05, 3.63) is 46.0 Å². The Morgan fingerprint density at radius 2 is 2.18 bits per heavy atom. The lowest BCUT2D eigenvalue weighted by Gasteiger charge is -2.17. The molecule has 4 rings (SSSR count). The SMILES string of the molecule is N=C1C(c2nc3cc(F)ccc3c(=O)[nH]2)=C(O)CN1C1CC1. The molecule has 0 unspecified atom stereocenters. The van der Waals surface area contributed by atoms with Gasteiger partial charge in [-0.25, -0.2) is 9.37 Å². The highest BCUT2D eigenvalue weighted by Gasteiger charge is 2.39. The van der Waals surface area contributed by atoms with E-state index in [0.717, 1.165) is 12.8 Å². The number of halogens is 1. The van der Waals surface area contributed by atoms with Crippen molar-refractivity contribution in [2.45, 2.75) is 18.9 Å². The predicted molar refractivity (Wildman–Crippen MR) is 79.3 cm³/mol. The van der Waals surface area contributed by atoms with Crippen LogP contribution in [0.4, 0.5) is 4.39 Å². The van der Waals surface area contributed by atoms with Crippen LogP contribution in [-0.4, -0.2) is 38.4 Å². The third-order valence-electron chi connectivity index (χ3n) is 4.03. The molecule has 0 amide bonds. The van der Waals surface area contributed by atoms with E-state index in [1.165, 1.54) is 18.2 Å². The van der Waals surface area contributed by atoms with E-state index < -0.39 is 11.4 Å². The number of hydrogen-bond acceptors (Lipinski definition) is 4. The maximum Gasteiger partial charge on any atom is 0.259 e. The molecule has 0 radical (unpaired) electrons. The van der Waals surface area contributed by atoms with Crippen molar-refractivity contribution >= 4 is 22.3 Å². The number of rotatable bonds is 2. The molecule has 1 aliphatic heterocycles. The highest BCUT2D eigenvalue weighted by Crippen LogP contribution is 2.35. The number of aromatic nitrogens is 2. The molecule has 1 aromatic carbocycles. The van der Waals surface area contributed by atoms with Crippen LogP contribution in [0.5, 0.6) is 0 Å². The first-order valence-electron chi connectivity index (χ1n) is 7.02. The summed E-state index contributed by atoms with van der Waals surface area (Å²) in [4.78, 5) is 20.7. The standard InChI is InChI=1S/C15H13FN4O2/c16-7-1-4-9-10(5-7)18-14(19-15(9)22)12-11(21)6-20(13(12)17)8-2-3-8/h1,4-5,8,17,21H,2-3,6H2,(H,18,19,22). The zero-order chi connectivity index (χ0) is 15.4. The van der Waals surface area contributed by atoms with Crippen molar-refractivity contribution in [1.29, 1.82) is 5.41 Å². The van der Waals surface area contributed by atoms with Crippen LogP contribution in [0.2, 0.25) is 0 Å². The van der Waals surface area contributed by atoms with Crippen LogP contribution in [0.15, 0.2) is 28.8 Å². The summed E-state index contributed by atoms with van der Waals surface area (Å²) in [7, 11) is 0. The van der Waals surface area contributed by atoms with Crippen molar-refractivity contribution in [2.75, 3.05) is 6.54 Å². The Balaban J connectivity index is 1.85. The van der Waals surface area contributed by atoms with Gasteiger partial charge < -0.3 is 15.0 Å². The second-order valence-electron chi connectivity index (χ2n) is 5.61. The van der Waals surface area contributed by atoms with E-state index in [2.05, 4.69) is 9.97 Å². The van der Waals surface area contributed by atoms with Crippen molar-refractivity contribution in [1.82, 2.24) is 14.9 Å². The van der Waals surface area contributed by atoms with Gasteiger partial charge in [0.15, 0.2) is 0 Å². The first-order valence-corrected chi connectivity index (χ1v) is 7.02. The lowest BCUT2D eigenvalue weighted by Crippen LogP contribution is -2.29. The highest BCUT2D eigenvalue weighted by molar-refractivity contribution is 6.23. The van der Waals surface area contributed by atoms with Crippen LogP contribution >= 0.6 is 0 Å². The van der Waals surface area contributed by atoms with Gasteiger partial charge in [-0.15, -0.1) is 0 Å². The minimum absolute atomic E-state index is 0.0100. The first-order chi connectivity index (χ1) is 10.5. The number of nitrogens with one attached hydrogen (secondary N) is 2. The number of amidine groups is 1. The van der Waals surface area contributed by atoms with E-state index in [-0.39, 0.29) is 46.5 Å². The van der Waals surface area contributed by atoms with Crippen LogP contribution < -0.4 is 5.56 Å². The Hall–Kier alpha value is -2.70. The number of benzene rings is 1. The fourth-order valence-corrected chi connectivity index (χ4v) is 2.78. The number of nitrogens with zero attached hydrogens (tertiary/aromatic N) is 2. The van der Waals surface area contributed by atoms with Gasteiger partial charge in [-0.3, -0.25) is 10.2 Å². The Morgan fingerprint density at radius 3 is 2.91 bits per heavy atom. The lowest BCUT2D eigenvalue weighted by molar-refractivity contribution is 0.345. The van der Waals surface area contributed by atoms with E-state index in [9.17, 15) is 14.3 Å². The highest BCUT2D eigenvalue weighted by atomic mass is 19.1.